The second-order valence-electron chi connectivity index (χ2n) is 5.83. The molecule has 0 amide bonds. The van der Waals surface area contributed by atoms with Gasteiger partial charge in [-0.3, -0.25) is 4.90 Å². The van der Waals surface area contributed by atoms with Crippen molar-refractivity contribution in [1.82, 2.24) is 10.2 Å². The van der Waals surface area contributed by atoms with Gasteiger partial charge in [-0.2, -0.15) is 0 Å². The summed E-state index contributed by atoms with van der Waals surface area (Å²) in [6.07, 6.45) is 2.21. The Hall–Kier alpha value is -0.130. The van der Waals surface area contributed by atoms with Gasteiger partial charge in [-0.1, -0.05) is 25.4 Å². The first-order chi connectivity index (χ1) is 10.1. The molecule has 21 heavy (non-hydrogen) atoms. The van der Waals surface area contributed by atoms with Crippen molar-refractivity contribution in [3.63, 3.8) is 0 Å². The van der Waals surface area contributed by atoms with Gasteiger partial charge in [0, 0.05) is 23.5 Å². The number of rotatable bonds is 7. The molecule has 3 nitrogen and oxygen atoms in total. The first-order valence-corrected chi connectivity index (χ1v) is 9.18. The molecular formula is C16H27ClN2OS. The van der Waals surface area contributed by atoms with E-state index in [1.165, 1.54) is 4.88 Å². The summed E-state index contributed by atoms with van der Waals surface area (Å²) in [5.74, 6) is 0. The summed E-state index contributed by atoms with van der Waals surface area (Å²) in [5.41, 5.74) is 0.0629. The number of nitrogens with one attached hydrogen (secondary N) is 1. The highest BCUT2D eigenvalue weighted by molar-refractivity contribution is 7.10. The van der Waals surface area contributed by atoms with Crippen molar-refractivity contribution in [3.8, 4) is 0 Å². The average Bonchev–Trinajstić information content (AvgIpc) is 2.94. The molecule has 1 fully saturated rings. The Morgan fingerprint density at radius 2 is 2.14 bits per heavy atom. The molecule has 1 N–H and O–H groups in total. The second kappa shape index (κ2) is 7.93. The number of hydrogen-bond donors (Lipinski definition) is 1. The van der Waals surface area contributed by atoms with Crippen LogP contribution in [0.2, 0.25) is 5.02 Å². The Kier molecular flexibility index (Phi) is 6.51. The molecule has 0 aliphatic carbocycles. The lowest BCUT2D eigenvalue weighted by atomic mass is 9.85. The number of hydrogen-bond acceptors (Lipinski definition) is 4. The standard InChI is InChI=1S/C16H27ClN2OS/c1-4-7-18-15(14-13(17)6-12-21-14)16(3,5-2)19-8-10-20-11-9-19/h6,12,15,18H,4-5,7-11H2,1-3H3. The molecule has 120 valence electrons. The molecule has 1 aromatic heterocycles. The van der Waals surface area contributed by atoms with Crippen molar-refractivity contribution in [2.75, 3.05) is 32.8 Å². The third-order valence-corrected chi connectivity index (χ3v) is 6.00. The fourth-order valence-electron chi connectivity index (χ4n) is 3.08. The third-order valence-electron chi connectivity index (χ3n) is 4.58. The van der Waals surface area contributed by atoms with E-state index in [1.54, 1.807) is 11.3 Å². The lowest BCUT2D eigenvalue weighted by molar-refractivity contribution is -0.0323. The van der Waals surface area contributed by atoms with Crippen LogP contribution >= 0.6 is 22.9 Å². The van der Waals surface area contributed by atoms with E-state index in [-0.39, 0.29) is 11.6 Å². The van der Waals surface area contributed by atoms with Crippen LogP contribution in [-0.4, -0.2) is 43.3 Å². The molecule has 0 radical (unpaired) electrons. The van der Waals surface area contributed by atoms with Gasteiger partial charge in [0.15, 0.2) is 0 Å². The minimum Gasteiger partial charge on any atom is -0.379 e. The van der Waals surface area contributed by atoms with Crippen LogP contribution in [-0.2, 0) is 4.74 Å². The summed E-state index contributed by atoms with van der Waals surface area (Å²) in [5, 5.41) is 6.73. The van der Waals surface area contributed by atoms with Crippen molar-refractivity contribution >= 4 is 22.9 Å². The molecule has 1 aromatic rings. The molecule has 2 heterocycles. The molecule has 0 aromatic carbocycles. The van der Waals surface area contributed by atoms with Crippen molar-refractivity contribution in [1.29, 1.82) is 0 Å². The van der Waals surface area contributed by atoms with Crippen molar-refractivity contribution in [3.05, 3.63) is 21.3 Å². The fraction of sp³-hybridized carbons (Fsp3) is 0.750. The minimum atomic E-state index is 0.0629. The highest BCUT2D eigenvalue weighted by Crippen LogP contribution is 2.40. The lowest BCUT2D eigenvalue weighted by Gasteiger charge is -2.48. The molecule has 2 unspecified atom stereocenters. The van der Waals surface area contributed by atoms with E-state index in [2.05, 4.69) is 36.4 Å². The topological polar surface area (TPSA) is 24.5 Å². The molecule has 2 rings (SSSR count). The summed E-state index contributed by atoms with van der Waals surface area (Å²) < 4.78 is 5.53. The van der Waals surface area contributed by atoms with Gasteiger partial charge < -0.3 is 10.1 Å². The van der Waals surface area contributed by atoms with Crippen LogP contribution in [0.1, 0.15) is 44.5 Å². The maximum atomic E-state index is 6.44. The van der Waals surface area contributed by atoms with Crippen LogP contribution < -0.4 is 5.32 Å². The number of ether oxygens (including phenoxy) is 1. The Labute approximate surface area is 137 Å². The first-order valence-electron chi connectivity index (χ1n) is 7.92. The summed E-state index contributed by atoms with van der Waals surface area (Å²) in [7, 11) is 0. The molecule has 2 atom stereocenters. The zero-order valence-corrected chi connectivity index (χ0v) is 14.9. The fourth-order valence-corrected chi connectivity index (χ4v) is 4.46. The van der Waals surface area contributed by atoms with Gasteiger partial charge in [-0.05, 0) is 37.8 Å². The largest absolute Gasteiger partial charge is 0.379 e. The maximum Gasteiger partial charge on any atom is 0.0614 e. The summed E-state index contributed by atoms with van der Waals surface area (Å²) in [4.78, 5) is 3.83. The van der Waals surface area contributed by atoms with Crippen LogP contribution in [0.25, 0.3) is 0 Å². The highest BCUT2D eigenvalue weighted by atomic mass is 35.5. The van der Waals surface area contributed by atoms with Crippen molar-refractivity contribution in [2.24, 2.45) is 0 Å². The van der Waals surface area contributed by atoms with E-state index >= 15 is 0 Å². The van der Waals surface area contributed by atoms with E-state index < -0.39 is 0 Å². The quantitative estimate of drug-likeness (QED) is 0.819. The zero-order chi connectivity index (χ0) is 15.3. The SMILES string of the molecule is CCCNC(c1sccc1Cl)C(C)(CC)N1CCOCC1. The van der Waals surface area contributed by atoms with Gasteiger partial charge in [-0.25, -0.2) is 0 Å². The molecular weight excluding hydrogens is 304 g/mol. The highest BCUT2D eigenvalue weighted by Gasteiger charge is 2.40. The van der Waals surface area contributed by atoms with E-state index in [9.17, 15) is 0 Å². The van der Waals surface area contributed by atoms with Gasteiger partial charge in [-0.15, -0.1) is 11.3 Å². The lowest BCUT2D eigenvalue weighted by Crippen LogP contribution is -2.57. The molecule has 1 saturated heterocycles. The van der Waals surface area contributed by atoms with Crippen LogP contribution in [0.15, 0.2) is 11.4 Å². The zero-order valence-electron chi connectivity index (χ0n) is 13.3. The number of thiophene rings is 1. The summed E-state index contributed by atoms with van der Waals surface area (Å²) >= 11 is 8.20. The normalized spacial score (nSPS) is 21.1. The monoisotopic (exact) mass is 330 g/mol. The Balaban J connectivity index is 2.29. The van der Waals surface area contributed by atoms with Crippen molar-refractivity contribution in [2.45, 2.75) is 45.2 Å². The van der Waals surface area contributed by atoms with Crippen LogP contribution in [0.3, 0.4) is 0 Å². The van der Waals surface area contributed by atoms with E-state index in [0.717, 1.165) is 50.7 Å². The molecule has 0 spiro atoms. The van der Waals surface area contributed by atoms with Crippen LogP contribution in [0, 0.1) is 0 Å². The molecule has 0 saturated carbocycles. The average molecular weight is 331 g/mol. The van der Waals surface area contributed by atoms with E-state index in [0.29, 0.717) is 0 Å². The second-order valence-corrected chi connectivity index (χ2v) is 7.18. The van der Waals surface area contributed by atoms with Crippen molar-refractivity contribution < 1.29 is 4.74 Å². The molecule has 0 bridgehead atoms. The third kappa shape index (κ3) is 3.80. The number of nitrogens with zero attached hydrogens (tertiary/aromatic N) is 1. The predicted octanol–water partition coefficient (Wildman–Crippen LogP) is 3.94. The molecule has 5 heteroatoms. The molecule has 1 aliphatic rings. The minimum absolute atomic E-state index is 0.0629. The first kappa shape index (κ1) is 17.2. The van der Waals surface area contributed by atoms with Gasteiger partial charge in [0.1, 0.15) is 0 Å². The van der Waals surface area contributed by atoms with E-state index in [4.69, 9.17) is 16.3 Å². The predicted molar refractivity (Wildman–Crippen MR) is 91.5 cm³/mol. The van der Waals surface area contributed by atoms with Gasteiger partial charge in [0.25, 0.3) is 0 Å². The summed E-state index contributed by atoms with van der Waals surface area (Å²) in [6.45, 7) is 11.5. The number of halogens is 1. The number of morpholine rings is 1. The Morgan fingerprint density at radius 1 is 1.43 bits per heavy atom. The molecule has 1 aliphatic heterocycles. The van der Waals surface area contributed by atoms with Gasteiger partial charge in [0.05, 0.1) is 24.3 Å². The van der Waals surface area contributed by atoms with Gasteiger partial charge in [0.2, 0.25) is 0 Å². The summed E-state index contributed by atoms with van der Waals surface area (Å²) in [6, 6.07) is 2.28. The smallest absolute Gasteiger partial charge is 0.0614 e. The van der Waals surface area contributed by atoms with Crippen LogP contribution in [0.5, 0.6) is 0 Å². The van der Waals surface area contributed by atoms with E-state index in [1.807, 2.05) is 6.07 Å². The van der Waals surface area contributed by atoms with Gasteiger partial charge >= 0.3 is 0 Å². The Bertz CT molecular complexity index is 434. The Morgan fingerprint density at radius 3 is 2.67 bits per heavy atom. The maximum absolute atomic E-state index is 6.44. The van der Waals surface area contributed by atoms with Crippen LogP contribution in [0.4, 0.5) is 0 Å².